The molecule has 1 aromatic rings. The molecule has 0 unspecified atom stereocenters. The summed E-state index contributed by atoms with van der Waals surface area (Å²) in [7, 11) is 2.94. The molecule has 0 aromatic heterocycles. The monoisotopic (exact) mass is 318 g/mol. The van der Waals surface area contributed by atoms with Gasteiger partial charge in [0.15, 0.2) is 0 Å². The number of benzene rings is 1. The Labute approximate surface area is 135 Å². The maximum atomic E-state index is 12.5. The minimum atomic E-state index is -1.51. The van der Waals surface area contributed by atoms with Crippen LogP contribution in [0.3, 0.4) is 0 Å². The van der Waals surface area contributed by atoms with Crippen LogP contribution in [0.5, 0.6) is 0 Å². The first-order valence-corrected chi connectivity index (χ1v) is 7.56. The summed E-state index contributed by atoms with van der Waals surface area (Å²) >= 11 is 0. The number of carbonyl (C=O) groups is 3. The molecule has 6 nitrogen and oxygen atoms in total. The molecule has 23 heavy (non-hydrogen) atoms. The summed E-state index contributed by atoms with van der Waals surface area (Å²) in [6, 6.07) is 8.92. The molecule has 2 amide bonds. The summed E-state index contributed by atoms with van der Waals surface area (Å²) in [6.07, 6.45) is -0.230. The highest BCUT2D eigenvalue weighted by molar-refractivity contribution is 6.05. The quantitative estimate of drug-likeness (QED) is 0.695. The largest absolute Gasteiger partial charge is 0.389 e. The molecule has 6 heteroatoms. The van der Waals surface area contributed by atoms with Crippen LogP contribution in [0.25, 0.3) is 0 Å². The van der Waals surface area contributed by atoms with Gasteiger partial charge in [-0.15, -0.1) is 0 Å². The third-order valence-corrected chi connectivity index (χ3v) is 4.51. The first kappa shape index (κ1) is 17.1. The van der Waals surface area contributed by atoms with Crippen LogP contribution >= 0.6 is 0 Å². The number of amides is 2. The maximum Gasteiger partial charge on any atom is 0.230 e. The van der Waals surface area contributed by atoms with Crippen molar-refractivity contribution in [1.82, 2.24) is 10.6 Å². The third kappa shape index (κ3) is 3.12. The Hall–Kier alpha value is -2.21. The lowest BCUT2D eigenvalue weighted by atomic mass is 9.61. The van der Waals surface area contributed by atoms with Crippen molar-refractivity contribution in [3.63, 3.8) is 0 Å². The predicted octanol–water partition coefficient (Wildman–Crippen LogP) is 0.218. The molecular weight excluding hydrogens is 296 g/mol. The number of aliphatic hydroxyl groups is 1. The van der Waals surface area contributed by atoms with Crippen molar-refractivity contribution in [2.24, 2.45) is 11.8 Å². The Balaban J connectivity index is 2.61. The van der Waals surface area contributed by atoms with E-state index in [4.69, 9.17) is 0 Å². The summed E-state index contributed by atoms with van der Waals surface area (Å²) in [5, 5.41) is 15.7. The summed E-state index contributed by atoms with van der Waals surface area (Å²) in [5.74, 6) is -3.78. The molecule has 0 saturated heterocycles. The average molecular weight is 318 g/mol. The van der Waals surface area contributed by atoms with Crippen molar-refractivity contribution in [3.8, 4) is 0 Å². The van der Waals surface area contributed by atoms with Gasteiger partial charge >= 0.3 is 0 Å². The predicted molar refractivity (Wildman–Crippen MR) is 84.5 cm³/mol. The molecule has 0 bridgehead atoms. The number of hydrogen-bond donors (Lipinski definition) is 3. The molecule has 1 fully saturated rings. The van der Waals surface area contributed by atoms with Crippen molar-refractivity contribution in [2.45, 2.75) is 24.9 Å². The summed E-state index contributed by atoms with van der Waals surface area (Å²) in [5.41, 5.74) is -0.828. The standard InChI is InChI=1S/C17H22N2O4/c1-17(23)9-11(20)13(15(21)18-2)12(14(17)16(22)19-3)10-7-5-4-6-8-10/h4-8,12-14,23H,9H2,1-3H3,(H,18,21)(H,19,22)/t12-,13+,14+,17-/m0/s1. The van der Waals surface area contributed by atoms with Gasteiger partial charge in [0.2, 0.25) is 11.8 Å². The maximum absolute atomic E-state index is 12.5. The summed E-state index contributed by atoms with van der Waals surface area (Å²) in [6.45, 7) is 1.47. The van der Waals surface area contributed by atoms with Crippen molar-refractivity contribution >= 4 is 17.6 Å². The van der Waals surface area contributed by atoms with E-state index in [9.17, 15) is 19.5 Å². The van der Waals surface area contributed by atoms with Gasteiger partial charge in [0.1, 0.15) is 11.7 Å². The van der Waals surface area contributed by atoms with Crippen LogP contribution in [0, 0.1) is 11.8 Å². The van der Waals surface area contributed by atoms with Crippen molar-refractivity contribution in [3.05, 3.63) is 35.9 Å². The SMILES string of the molecule is CNC(=O)[C@@H]1C(=O)C[C@](C)(O)[C@@H](C(=O)NC)[C@H]1c1ccccc1. The lowest BCUT2D eigenvalue weighted by Gasteiger charge is -2.44. The van der Waals surface area contributed by atoms with Crippen LogP contribution < -0.4 is 10.6 Å². The molecule has 0 radical (unpaired) electrons. The second kappa shape index (κ2) is 6.50. The van der Waals surface area contributed by atoms with Gasteiger partial charge in [-0.1, -0.05) is 30.3 Å². The first-order chi connectivity index (χ1) is 10.8. The molecule has 0 heterocycles. The van der Waals surface area contributed by atoms with Crippen LogP contribution in [-0.2, 0) is 14.4 Å². The van der Waals surface area contributed by atoms with Gasteiger partial charge in [0.25, 0.3) is 0 Å². The number of Topliss-reactive ketones (excluding diaryl/α,β-unsaturated/α-hetero) is 1. The van der Waals surface area contributed by atoms with Crippen molar-refractivity contribution < 1.29 is 19.5 Å². The molecule has 2 rings (SSSR count). The van der Waals surface area contributed by atoms with Gasteiger partial charge in [-0.3, -0.25) is 14.4 Å². The molecule has 0 spiro atoms. The molecule has 4 atom stereocenters. The number of ketones is 1. The van der Waals surface area contributed by atoms with E-state index in [1.165, 1.54) is 21.0 Å². The summed E-state index contributed by atoms with van der Waals surface area (Å²) < 4.78 is 0. The van der Waals surface area contributed by atoms with E-state index in [0.717, 1.165) is 0 Å². The van der Waals surface area contributed by atoms with E-state index >= 15 is 0 Å². The Morgan fingerprint density at radius 1 is 1.13 bits per heavy atom. The Kier molecular flexibility index (Phi) is 4.85. The number of rotatable bonds is 3. The molecular formula is C17H22N2O4. The van der Waals surface area contributed by atoms with E-state index in [1.54, 1.807) is 24.3 Å². The van der Waals surface area contributed by atoms with Crippen LogP contribution in [0.4, 0.5) is 0 Å². The zero-order chi connectivity index (χ0) is 17.2. The van der Waals surface area contributed by atoms with Gasteiger partial charge in [0.05, 0.1) is 11.5 Å². The number of nitrogens with one attached hydrogen (secondary N) is 2. The van der Waals surface area contributed by atoms with Gasteiger partial charge in [-0.25, -0.2) is 0 Å². The minimum Gasteiger partial charge on any atom is -0.389 e. The normalized spacial score (nSPS) is 30.6. The van der Waals surface area contributed by atoms with Crippen molar-refractivity contribution in [1.29, 1.82) is 0 Å². The molecule has 0 aliphatic heterocycles. The fourth-order valence-electron chi connectivity index (χ4n) is 3.48. The van der Waals surface area contributed by atoms with Gasteiger partial charge in [-0.2, -0.15) is 0 Å². The molecule has 1 aliphatic rings. The molecule has 1 aromatic carbocycles. The highest BCUT2D eigenvalue weighted by Crippen LogP contribution is 2.45. The smallest absolute Gasteiger partial charge is 0.230 e. The van der Waals surface area contributed by atoms with E-state index in [2.05, 4.69) is 10.6 Å². The molecule has 3 N–H and O–H groups in total. The third-order valence-electron chi connectivity index (χ3n) is 4.51. The number of carbonyl (C=O) groups excluding carboxylic acids is 3. The van der Waals surface area contributed by atoms with Crippen LogP contribution in [0.15, 0.2) is 30.3 Å². The Bertz CT molecular complexity index is 612. The Morgan fingerprint density at radius 2 is 1.70 bits per heavy atom. The fourth-order valence-corrected chi connectivity index (χ4v) is 3.48. The van der Waals surface area contributed by atoms with E-state index in [0.29, 0.717) is 5.56 Å². The van der Waals surface area contributed by atoms with E-state index < -0.39 is 29.3 Å². The Morgan fingerprint density at radius 3 is 2.22 bits per heavy atom. The second-order valence-electron chi connectivity index (χ2n) is 6.12. The van der Waals surface area contributed by atoms with Crippen LogP contribution in [0.2, 0.25) is 0 Å². The molecule has 1 saturated carbocycles. The minimum absolute atomic E-state index is 0.230. The highest BCUT2D eigenvalue weighted by Gasteiger charge is 2.55. The van der Waals surface area contributed by atoms with E-state index in [-0.39, 0.29) is 18.1 Å². The van der Waals surface area contributed by atoms with E-state index in [1.807, 2.05) is 6.07 Å². The average Bonchev–Trinajstić information content (AvgIpc) is 2.52. The fraction of sp³-hybridized carbons (Fsp3) is 0.471. The van der Waals surface area contributed by atoms with Crippen LogP contribution in [0.1, 0.15) is 24.8 Å². The summed E-state index contributed by atoms with van der Waals surface area (Å²) in [4.78, 5) is 37.2. The molecule has 124 valence electrons. The zero-order valence-corrected chi connectivity index (χ0v) is 13.5. The van der Waals surface area contributed by atoms with Gasteiger partial charge in [0, 0.05) is 26.4 Å². The van der Waals surface area contributed by atoms with Crippen LogP contribution in [-0.4, -0.2) is 42.4 Å². The lowest BCUT2D eigenvalue weighted by Crippen LogP contribution is -2.57. The second-order valence-corrected chi connectivity index (χ2v) is 6.12. The van der Waals surface area contributed by atoms with Gasteiger partial charge < -0.3 is 15.7 Å². The lowest BCUT2D eigenvalue weighted by molar-refractivity contribution is -0.153. The highest BCUT2D eigenvalue weighted by atomic mass is 16.3. The zero-order valence-electron chi connectivity index (χ0n) is 13.5. The van der Waals surface area contributed by atoms with Crippen molar-refractivity contribution in [2.75, 3.05) is 14.1 Å². The first-order valence-electron chi connectivity index (χ1n) is 7.56. The molecule has 1 aliphatic carbocycles. The topological polar surface area (TPSA) is 95.5 Å². The number of hydrogen-bond acceptors (Lipinski definition) is 4. The van der Waals surface area contributed by atoms with Gasteiger partial charge in [-0.05, 0) is 12.5 Å².